The van der Waals surface area contributed by atoms with Crippen molar-refractivity contribution in [2.24, 2.45) is 28.7 Å². The second kappa shape index (κ2) is 29.4. The molecule has 0 saturated carbocycles. The van der Waals surface area contributed by atoms with Crippen molar-refractivity contribution >= 4 is 48.9 Å². The van der Waals surface area contributed by atoms with Crippen LogP contribution in [-0.2, 0) is 30.7 Å². The molecule has 0 spiro atoms. The fraction of sp³-hybridized carbons (Fsp3) is 0.722. The molecule has 0 heterocycles. The number of carbonyl (C=O) groups is 4. The monoisotopic (exact) mass is 801 g/mol. The van der Waals surface area contributed by atoms with Crippen LogP contribution in [0.25, 0.3) is 0 Å². The van der Waals surface area contributed by atoms with Gasteiger partial charge in [-0.15, -0.1) is 0 Å². The summed E-state index contributed by atoms with van der Waals surface area (Å²) < 4.78 is 12.0. The van der Waals surface area contributed by atoms with Crippen molar-refractivity contribution in [1.29, 1.82) is 0 Å². The van der Waals surface area contributed by atoms with Gasteiger partial charge in [-0.05, 0) is 101 Å². The number of hydrogen-bond donors (Lipinski definition) is 12. The van der Waals surface area contributed by atoms with Gasteiger partial charge in [0.1, 0.15) is 13.2 Å². The predicted octanol–water partition coefficient (Wildman–Crippen LogP) is 0.0592. The van der Waals surface area contributed by atoms with E-state index in [1.54, 1.807) is 0 Å². The van der Waals surface area contributed by atoms with Gasteiger partial charge in [-0.1, -0.05) is 12.8 Å². The average molecular weight is 802 g/mol. The molecular weight excluding hydrogens is 735 g/mol. The van der Waals surface area contributed by atoms with E-state index < -0.39 is 23.7 Å². The van der Waals surface area contributed by atoms with Crippen molar-refractivity contribution in [3.05, 3.63) is 23.3 Å². The highest BCUT2D eigenvalue weighted by atomic mass is 32.1. The highest BCUT2D eigenvalue weighted by Gasteiger charge is 2.29. The number of hydrogen-bond acceptors (Lipinski definition) is 14. The van der Waals surface area contributed by atoms with Gasteiger partial charge in [-0.3, -0.25) is 24.9 Å². The summed E-state index contributed by atoms with van der Waals surface area (Å²) in [5.41, 5.74) is 28.5. The Morgan fingerprint density at radius 1 is 0.667 bits per heavy atom. The maximum atomic E-state index is 12.5. The maximum absolute atomic E-state index is 12.5. The molecule has 1 unspecified atom stereocenters. The second-order valence-electron chi connectivity index (χ2n) is 13.2. The zero-order valence-corrected chi connectivity index (χ0v) is 33.5. The number of nitrogens with two attached hydrogens (primary N) is 5. The van der Waals surface area contributed by atoms with Gasteiger partial charge in [-0.25, -0.2) is 0 Å². The van der Waals surface area contributed by atoms with E-state index in [4.69, 9.17) is 38.1 Å². The summed E-state index contributed by atoms with van der Waals surface area (Å²) >= 11 is 8.85. The molecule has 0 aliphatic rings. The van der Waals surface area contributed by atoms with Crippen molar-refractivity contribution in [2.45, 2.75) is 113 Å². The molecule has 0 aliphatic carbocycles. The molecule has 0 bridgehead atoms. The minimum Gasteiger partial charge on any atom is -0.488 e. The molecule has 0 saturated heterocycles. The molecule has 54 heavy (non-hydrogen) atoms. The molecule has 0 fully saturated rings. The third-order valence-electron chi connectivity index (χ3n) is 8.60. The third kappa shape index (κ3) is 21.3. The second-order valence-corrected chi connectivity index (χ2v) is 13.9. The highest BCUT2D eigenvalue weighted by molar-refractivity contribution is 7.79. The third-order valence-corrected chi connectivity index (χ3v) is 9.28. The standard InChI is InChI=1S/C36H67N9O7S2/c37-14-6-3-10-28(39)33(47)43-16-8-1-2-12-32(46)42-18-20-51-30-22-26(24-53)27(25-54)23-31(30)52-21-19-44-34(48)29(40)11-4-9-17-45-35(49)36(41,50)13-5-7-15-38/h22-23,28-29,50,53-54H,1-21,24-25,37-41H2,(H,42,46)(H,43,47)(H,44,48)(H,45,49)/t28-,29-,36?/m0/s1. The van der Waals surface area contributed by atoms with Gasteiger partial charge in [0.2, 0.25) is 17.7 Å². The number of carbonyl (C=O) groups excluding carboxylic acids is 4. The van der Waals surface area contributed by atoms with E-state index in [1.165, 1.54) is 0 Å². The van der Waals surface area contributed by atoms with Gasteiger partial charge in [0, 0.05) is 31.0 Å². The van der Waals surface area contributed by atoms with Crippen LogP contribution in [0.3, 0.4) is 0 Å². The Balaban J connectivity index is 2.39. The molecular formula is C36H67N9O7S2. The number of nitrogens with one attached hydrogen (secondary N) is 4. The molecule has 310 valence electrons. The molecule has 16 nitrogen and oxygen atoms in total. The van der Waals surface area contributed by atoms with Crippen molar-refractivity contribution in [3.63, 3.8) is 0 Å². The molecule has 1 aromatic carbocycles. The number of amides is 4. The maximum Gasteiger partial charge on any atom is 0.267 e. The first kappa shape index (κ1) is 49.2. The zero-order valence-electron chi connectivity index (χ0n) is 31.8. The molecule has 0 aromatic heterocycles. The zero-order chi connectivity index (χ0) is 40.2. The lowest BCUT2D eigenvalue weighted by Gasteiger charge is -2.22. The summed E-state index contributed by atoms with van der Waals surface area (Å²) in [6.07, 6.45) is 7.79. The van der Waals surface area contributed by atoms with E-state index in [0.717, 1.165) is 36.8 Å². The number of thiol groups is 2. The van der Waals surface area contributed by atoms with E-state index in [1.807, 2.05) is 12.1 Å². The van der Waals surface area contributed by atoms with E-state index in [0.29, 0.717) is 107 Å². The normalized spacial score (nSPS) is 13.3. The number of benzene rings is 1. The van der Waals surface area contributed by atoms with E-state index in [9.17, 15) is 24.3 Å². The average Bonchev–Trinajstić information content (AvgIpc) is 3.15. The Bertz CT molecular complexity index is 1250. The first-order chi connectivity index (χ1) is 25.9. The summed E-state index contributed by atoms with van der Waals surface area (Å²) in [7, 11) is 0. The van der Waals surface area contributed by atoms with Crippen LogP contribution >= 0.6 is 25.3 Å². The highest BCUT2D eigenvalue weighted by Crippen LogP contribution is 2.32. The van der Waals surface area contributed by atoms with Crippen LogP contribution < -0.4 is 59.4 Å². The summed E-state index contributed by atoms with van der Waals surface area (Å²) in [5, 5.41) is 21.2. The lowest BCUT2D eigenvalue weighted by molar-refractivity contribution is -0.140. The van der Waals surface area contributed by atoms with Gasteiger partial charge in [0.05, 0.1) is 25.2 Å². The fourth-order valence-corrected chi connectivity index (χ4v) is 5.86. The van der Waals surface area contributed by atoms with E-state index >= 15 is 0 Å². The summed E-state index contributed by atoms with van der Waals surface area (Å²) in [6, 6.07) is 2.42. The molecule has 15 N–H and O–H groups in total. The van der Waals surface area contributed by atoms with Crippen LogP contribution in [0.1, 0.15) is 94.6 Å². The van der Waals surface area contributed by atoms with Crippen molar-refractivity contribution in [3.8, 4) is 11.5 Å². The largest absolute Gasteiger partial charge is 0.488 e. The smallest absolute Gasteiger partial charge is 0.267 e. The number of ether oxygens (including phenoxy) is 2. The summed E-state index contributed by atoms with van der Waals surface area (Å²) in [5.74, 6) is 0.692. The molecule has 4 amide bonds. The van der Waals surface area contributed by atoms with Gasteiger partial charge in [-0.2, -0.15) is 25.3 Å². The van der Waals surface area contributed by atoms with Gasteiger partial charge < -0.3 is 58.8 Å². The Morgan fingerprint density at radius 2 is 1.15 bits per heavy atom. The van der Waals surface area contributed by atoms with Crippen LogP contribution in [0, 0.1) is 0 Å². The SMILES string of the molecule is NCCCC[C@H](N)C(=O)NCCCCCC(=O)NCCOc1cc(CS)c(CS)cc1OCCNC(=O)[C@@H](N)CCCCNC(=O)C(N)(O)CCCCN. The molecule has 1 aromatic rings. The van der Waals surface area contributed by atoms with E-state index in [-0.39, 0.29) is 43.9 Å². The van der Waals surface area contributed by atoms with Crippen LogP contribution in [0.4, 0.5) is 0 Å². The van der Waals surface area contributed by atoms with Crippen LogP contribution in [0.15, 0.2) is 12.1 Å². The van der Waals surface area contributed by atoms with Crippen LogP contribution in [-0.4, -0.2) is 99.0 Å². The molecule has 1 rings (SSSR count). The first-order valence-electron chi connectivity index (χ1n) is 19.1. The number of rotatable bonds is 32. The summed E-state index contributed by atoms with van der Waals surface area (Å²) in [4.78, 5) is 49.1. The van der Waals surface area contributed by atoms with Gasteiger partial charge in [0.25, 0.3) is 5.91 Å². The van der Waals surface area contributed by atoms with E-state index in [2.05, 4.69) is 46.5 Å². The minimum absolute atomic E-state index is 0.0859. The predicted molar refractivity (Wildman–Crippen MR) is 218 cm³/mol. The Kier molecular flexibility index (Phi) is 26.8. The van der Waals surface area contributed by atoms with Crippen molar-refractivity contribution in [2.75, 3.05) is 52.5 Å². The van der Waals surface area contributed by atoms with Gasteiger partial charge >= 0.3 is 0 Å². The quantitative estimate of drug-likeness (QED) is 0.0262. The molecule has 0 aliphatic heterocycles. The van der Waals surface area contributed by atoms with Crippen molar-refractivity contribution < 1.29 is 33.8 Å². The molecule has 3 atom stereocenters. The molecule has 18 heteroatoms. The summed E-state index contributed by atoms with van der Waals surface area (Å²) in [6.45, 7) is 2.74. The minimum atomic E-state index is -1.94. The van der Waals surface area contributed by atoms with Crippen LogP contribution in [0.2, 0.25) is 0 Å². The van der Waals surface area contributed by atoms with Crippen LogP contribution in [0.5, 0.6) is 11.5 Å². The number of aliphatic hydroxyl groups is 1. The Hall–Kier alpha value is -2.84. The fourth-order valence-electron chi connectivity index (χ4n) is 5.27. The van der Waals surface area contributed by atoms with Crippen molar-refractivity contribution in [1.82, 2.24) is 21.3 Å². The topological polar surface area (TPSA) is 285 Å². The molecule has 0 radical (unpaired) electrons. The lowest BCUT2D eigenvalue weighted by atomic mass is 10.1. The number of unbranched alkanes of at least 4 members (excludes halogenated alkanes) is 5. The Labute approximate surface area is 331 Å². The Morgan fingerprint density at radius 3 is 1.70 bits per heavy atom. The lowest BCUT2D eigenvalue weighted by Crippen LogP contribution is -2.54. The van der Waals surface area contributed by atoms with Gasteiger partial charge in [0.15, 0.2) is 17.2 Å². The first-order valence-corrected chi connectivity index (χ1v) is 20.3.